The molecule has 3 heterocycles. The van der Waals surface area contributed by atoms with Crippen molar-refractivity contribution in [2.75, 3.05) is 70.4 Å². The summed E-state index contributed by atoms with van der Waals surface area (Å²) in [6, 6.07) is 8.27. The van der Waals surface area contributed by atoms with Crippen molar-refractivity contribution in [3.8, 4) is 0 Å². The molecule has 2 saturated heterocycles. The number of hydrogen-bond acceptors (Lipinski definition) is 7. The van der Waals surface area contributed by atoms with E-state index in [2.05, 4.69) is 52.1 Å². The fourth-order valence-electron chi connectivity index (χ4n) is 4.17. The lowest BCUT2D eigenvalue weighted by atomic mass is 10.2. The number of para-hydroxylation sites is 1. The number of hydrogen-bond donors (Lipinski definition) is 1. The molecule has 0 radical (unpaired) electrons. The quantitative estimate of drug-likeness (QED) is 0.723. The van der Waals surface area contributed by atoms with Crippen LogP contribution in [0.5, 0.6) is 0 Å². The van der Waals surface area contributed by atoms with Crippen molar-refractivity contribution in [2.45, 2.75) is 20.0 Å². The summed E-state index contributed by atoms with van der Waals surface area (Å²) in [5.41, 5.74) is 1.07. The van der Waals surface area contributed by atoms with Gasteiger partial charge < -0.3 is 15.0 Å². The first kappa shape index (κ1) is 21.5. The van der Waals surface area contributed by atoms with E-state index < -0.39 is 0 Å². The molecule has 2 fully saturated rings. The summed E-state index contributed by atoms with van der Waals surface area (Å²) >= 11 is 1.75. The lowest BCUT2D eigenvalue weighted by molar-refractivity contribution is -0.123. The first-order valence-corrected chi connectivity index (χ1v) is 11.8. The van der Waals surface area contributed by atoms with Crippen LogP contribution in [-0.2, 0) is 9.53 Å². The van der Waals surface area contributed by atoms with Crippen molar-refractivity contribution in [1.82, 2.24) is 20.1 Å². The van der Waals surface area contributed by atoms with Crippen LogP contribution in [0.1, 0.15) is 13.8 Å². The highest BCUT2D eigenvalue weighted by atomic mass is 32.1. The minimum absolute atomic E-state index is 0.0908. The highest BCUT2D eigenvalue weighted by Gasteiger charge is 2.23. The van der Waals surface area contributed by atoms with Crippen LogP contribution in [-0.4, -0.2) is 92.3 Å². The molecule has 164 valence electrons. The molecule has 1 amide bonds. The van der Waals surface area contributed by atoms with E-state index >= 15 is 0 Å². The van der Waals surface area contributed by atoms with Crippen molar-refractivity contribution in [2.24, 2.45) is 5.92 Å². The number of fused-ring (bicyclic) bond motifs is 1. The Morgan fingerprint density at radius 2 is 2.00 bits per heavy atom. The summed E-state index contributed by atoms with van der Waals surface area (Å²) in [5, 5.41) is 4.16. The van der Waals surface area contributed by atoms with E-state index in [9.17, 15) is 4.79 Å². The largest absolute Gasteiger partial charge is 0.374 e. The Hall–Kier alpha value is -1.74. The number of rotatable bonds is 7. The Bertz CT molecular complexity index is 801. The number of nitrogens with zero attached hydrogens (tertiary/aromatic N) is 4. The monoisotopic (exact) mass is 431 g/mol. The van der Waals surface area contributed by atoms with Crippen LogP contribution >= 0.6 is 11.3 Å². The van der Waals surface area contributed by atoms with Gasteiger partial charge in [-0.15, -0.1) is 0 Å². The smallest absolute Gasteiger partial charge is 0.234 e. The number of carbonyl (C=O) groups is 1. The van der Waals surface area contributed by atoms with Gasteiger partial charge in [0, 0.05) is 52.4 Å². The van der Waals surface area contributed by atoms with Gasteiger partial charge in [0.15, 0.2) is 5.13 Å². The van der Waals surface area contributed by atoms with Gasteiger partial charge in [0.2, 0.25) is 5.91 Å². The Morgan fingerprint density at radius 1 is 1.20 bits per heavy atom. The van der Waals surface area contributed by atoms with Crippen LogP contribution in [0.15, 0.2) is 24.3 Å². The molecule has 1 N–H and O–H groups in total. The topological polar surface area (TPSA) is 60.9 Å². The molecular weight excluding hydrogens is 398 g/mol. The van der Waals surface area contributed by atoms with Gasteiger partial charge in [-0.2, -0.15) is 0 Å². The van der Waals surface area contributed by atoms with Gasteiger partial charge in [-0.25, -0.2) is 4.98 Å². The number of morpholine rings is 1. The lowest BCUT2D eigenvalue weighted by Gasteiger charge is -2.35. The molecule has 2 aromatic rings. The van der Waals surface area contributed by atoms with Crippen molar-refractivity contribution in [3.63, 3.8) is 0 Å². The summed E-state index contributed by atoms with van der Waals surface area (Å²) in [5.74, 6) is 0.743. The summed E-state index contributed by atoms with van der Waals surface area (Å²) < 4.78 is 7.06. The molecule has 30 heavy (non-hydrogen) atoms. The SMILES string of the molecule is CC(C)CN1CCOC(CNC(=O)CN2CCN(c3nc4ccccc4s3)CC2)C1. The van der Waals surface area contributed by atoms with Crippen LogP contribution in [0, 0.1) is 5.92 Å². The highest BCUT2D eigenvalue weighted by Crippen LogP contribution is 2.29. The molecule has 0 saturated carbocycles. The second kappa shape index (κ2) is 10.0. The minimum atomic E-state index is 0.0908. The fourth-order valence-corrected chi connectivity index (χ4v) is 5.18. The summed E-state index contributed by atoms with van der Waals surface area (Å²) in [6.45, 7) is 12.8. The van der Waals surface area contributed by atoms with Crippen molar-refractivity contribution < 1.29 is 9.53 Å². The van der Waals surface area contributed by atoms with E-state index in [-0.39, 0.29) is 12.0 Å². The van der Waals surface area contributed by atoms with Crippen LogP contribution in [0.2, 0.25) is 0 Å². The van der Waals surface area contributed by atoms with Crippen molar-refractivity contribution >= 4 is 32.6 Å². The van der Waals surface area contributed by atoms with E-state index in [1.54, 1.807) is 11.3 Å². The number of nitrogens with one attached hydrogen (secondary N) is 1. The zero-order valence-electron chi connectivity index (χ0n) is 18.0. The molecule has 1 atom stereocenters. The second-order valence-corrected chi connectivity index (χ2v) is 9.69. The predicted octanol–water partition coefficient (Wildman–Crippen LogP) is 1.89. The third-order valence-corrected chi connectivity index (χ3v) is 6.76. The molecule has 7 nitrogen and oxygen atoms in total. The number of benzene rings is 1. The Balaban J connectivity index is 1.18. The third-order valence-electron chi connectivity index (χ3n) is 5.67. The average molecular weight is 432 g/mol. The van der Waals surface area contributed by atoms with Gasteiger partial charge in [-0.05, 0) is 18.1 Å². The summed E-state index contributed by atoms with van der Waals surface area (Å²) in [7, 11) is 0. The number of aromatic nitrogens is 1. The number of piperazine rings is 1. The standard InChI is InChI=1S/C22H33N5O2S/c1-17(2)14-26-11-12-29-18(15-26)13-23-21(28)16-25-7-9-27(10-8-25)22-24-19-5-3-4-6-20(19)30-22/h3-6,17-18H,7-16H2,1-2H3,(H,23,28). The Morgan fingerprint density at radius 3 is 2.77 bits per heavy atom. The van der Waals surface area contributed by atoms with Crippen LogP contribution in [0.4, 0.5) is 5.13 Å². The first-order valence-electron chi connectivity index (χ1n) is 11.0. The molecule has 8 heteroatoms. The first-order chi connectivity index (χ1) is 14.6. The van der Waals surface area contributed by atoms with Gasteiger partial charge in [0.05, 0.1) is 29.5 Å². The second-order valence-electron chi connectivity index (χ2n) is 8.68. The molecular formula is C22H33N5O2S. The van der Waals surface area contributed by atoms with E-state index in [0.717, 1.165) is 63.1 Å². The van der Waals surface area contributed by atoms with Crippen molar-refractivity contribution in [1.29, 1.82) is 0 Å². The number of anilines is 1. The van der Waals surface area contributed by atoms with E-state index in [1.807, 2.05) is 6.07 Å². The highest BCUT2D eigenvalue weighted by molar-refractivity contribution is 7.22. The molecule has 0 spiro atoms. The summed E-state index contributed by atoms with van der Waals surface area (Å²) in [4.78, 5) is 24.2. The van der Waals surface area contributed by atoms with Gasteiger partial charge in [-0.1, -0.05) is 37.3 Å². The Labute approximate surface area is 183 Å². The van der Waals surface area contributed by atoms with E-state index in [1.165, 1.54) is 4.70 Å². The zero-order valence-corrected chi connectivity index (χ0v) is 18.9. The van der Waals surface area contributed by atoms with Crippen molar-refractivity contribution in [3.05, 3.63) is 24.3 Å². The van der Waals surface area contributed by atoms with Crippen LogP contribution in [0.3, 0.4) is 0 Å². The molecule has 0 bridgehead atoms. The molecule has 1 unspecified atom stereocenters. The maximum Gasteiger partial charge on any atom is 0.234 e. The molecule has 2 aliphatic heterocycles. The maximum atomic E-state index is 12.4. The normalized spacial score (nSPS) is 21.4. The average Bonchev–Trinajstić information content (AvgIpc) is 3.17. The van der Waals surface area contributed by atoms with Crippen LogP contribution < -0.4 is 10.2 Å². The molecule has 1 aromatic carbocycles. The predicted molar refractivity (Wildman–Crippen MR) is 122 cm³/mol. The lowest BCUT2D eigenvalue weighted by Crippen LogP contribution is -2.51. The van der Waals surface area contributed by atoms with Crippen LogP contribution in [0.25, 0.3) is 10.2 Å². The molecule has 0 aliphatic carbocycles. The number of ether oxygens (including phenoxy) is 1. The minimum Gasteiger partial charge on any atom is -0.374 e. The number of amides is 1. The zero-order chi connectivity index (χ0) is 20.9. The summed E-state index contributed by atoms with van der Waals surface area (Å²) in [6.07, 6.45) is 0.0948. The van der Waals surface area contributed by atoms with E-state index in [4.69, 9.17) is 9.72 Å². The van der Waals surface area contributed by atoms with Gasteiger partial charge in [0.1, 0.15) is 0 Å². The molecule has 1 aromatic heterocycles. The molecule has 2 aliphatic rings. The number of carbonyl (C=O) groups excluding carboxylic acids is 1. The third kappa shape index (κ3) is 5.69. The number of thiazole rings is 1. The maximum absolute atomic E-state index is 12.4. The van der Waals surface area contributed by atoms with Gasteiger partial charge in [-0.3, -0.25) is 14.6 Å². The van der Waals surface area contributed by atoms with Gasteiger partial charge in [0.25, 0.3) is 0 Å². The fraction of sp³-hybridized carbons (Fsp3) is 0.636. The Kier molecular flexibility index (Phi) is 7.20. The van der Waals surface area contributed by atoms with Gasteiger partial charge >= 0.3 is 0 Å². The molecule has 4 rings (SSSR count). The van der Waals surface area contributed by atoms with E-state index in [0.29, 0.717) is 19.0 Å².